The minimum absolute atomic E-state index is 0.492. The Kier molecular flexibility index (Phi) is 3.68. The molecule has 92 valence electrons. The van der Waals surface area contributed by atoms with Crippen molar-refractivity contribution in [1.29, 1.82) is 0 Å². The zero-order valence-corrected chi connectivity index (χ0v) is 10.7. The molecule has 0 saturated heterocycles. The molecule has 18 heavy (non-hydrogen) atoms. The lowest BCUT2D eigenvalue weighted by molar-refractivity contribution is -0.138. The van der Waals surface area contributed by atoms with Gasteiger partial charge in [-0.05, 0) is 29.7 Å². The van der Waals surface area contributed by atoms with E-state index in [9.17, 15) is 9.90 Å². The molecule has 0 bridgehead atoms. The number of hydrogen-bond donors (Lipinski definition) is 1. The molecule has 2 nitrogen and oxygen atoms in total. The summed E-state index contributed by atoms with van der Waals surface area (Å²) in [5.41, 5.74) is 2.51. The van der Waals surface area contributed by atoms with Gasteiger partial charge >= 0.3 is 5.97 Å². The molecule has 0 radical (unpaired) electrons. The maximum atomic E-state index is 11.2. The molecule has 2 aromatic carbocycles. The summed E-state index contributed by atoms with van der Waals surface area (Å²) in [7, 11) is 0. The van der Waals surface area contributed by atoms with Gasteiger partial charge in [-0.2, -0.15) is 0 Å². The van der Waals surface area contributed by atoms with Crippen molar-refractivity contribution in [3.8, 4) is 11.1 Å². The van der Waals surface area contributed by atoms with Gasteiger partial charge in [0.25, 0.3) is 0 Å². The van der Waals surface area contributed by atoms with Gasteiger partial charge in [0.2, 0.25) is 0 Å². The van der Waals surface area contributed by atoms with Crippen molar-refractivity contribution in [2.75, 3.05) is 0 Å². The molecular weight excluding hydrogens is 248 g/mol. The summed E-state index contributed by atoms with van der Waals surface area (Å²) in [5.74, 6) is -1.51. The molecule has 0 aromatic heterocycles. The first-order valence-electron chi connectivity index (χ1n) is 5.68. The summed E-state index contributed by atoms with van der Waals surface area (Å²) < 4.78 is 0. The average Bonchev–Trinajstić information content (AvgIpc) is 2.38. The highest BCUT2D eigenvalue weighted by molar-refractivity contribution is 6.32. The first-order valence-corrected chi connectivity index (χ1v) is 6.05. The van der Waals surface area contributed by atoms with E-state index in [-0.39, 0.29) is 0 Å². The predicted molar refractivity (Wildman–Crippen MR) is 72.9 cm³/mol. The molecule has 0 aliphatic heterocycles. The summed E-state index contributed by atoms with van der Waals surface area (Å²) in [4.78, 5) is 11.2. The second kappa shape index (κ2) is 5.23. The molecule has 0 fully saturated rings. The predicted octanol–water partition coefficient (Wildman–Crippen LogP) is 4.20. The molecule has 0 aliphatic rings. The van der Waals surface area contributed by atoms with E-state index in [1.807, 2.05) is 42.5 Å². The number of halogens is 1. The summed E-state index contributed by atoms with van der Waals surface area (Å²) in [5, 5.41) is 9.66. The summed E-state index contributed by atoms with van der Waals surface area (Å²) in [6.07, 6.45) is 0. The lowest BCUT2D eigenvalue weighted by atomic mass is 9.91. The molecule has 0 saturated carbocycles. The van der Waals surface area contributed by atoms with Crippen LogP contribution in [-0.4, -0.2) is 11.1 Å². The Balaban J connectivity index is 2.62. The maximum absolute atomic E-state index is 11.2. The van der Waals surface area contributed by atoms with E-state index < -0.39 is 11.9 Å². The Hall–Kier alpha value is -1.80. The maximum Gasteiger partial charge on any atom is 0.310 e. The second-order valence-corrected chi connectivity index (χ2v) is 4.53. The molecular formula is C15H13ClO2. The highest BCUT2D eigenvalue weighted by Gasteiger charge is 2.20. The fourth-order valence-corrected chi connectivity index (χ4v) is 2.31. The van der Waals surface area contributed by atoms with Crippen molar-refractivity contribution >= 4 is 17.6 Å². The molecule has 0 heterocycles. The molecule has 0 amide bonds. The molecule has 2 rings (SSSR count). The number of carboxylic acids is 1. The topological polar surface area (TPSA) is 37.3 Å². The third kappa shape index (κ3) is 2.39. The van der Waals surface area contributed by atoms with Crippen molar-refractivity contribution in [2.45, 2.75) is 12.8 Å². The minimum atomic E-state index is -0.875. The smallest absolute Gasteiger partial charge is 0.310 e. The Morgan fingerprint density at radius 3 is 2.39 bits per heavy atom. The monoisotopic (exact) mass is 260 g/mol. The first-order chi connectivity index (χ1) is 8.61. The van der Waals surface area contributed by atoms with Crippen LogP contribution < -0.4 is 0 Å². The Morgan fingerprint density at radius 2 is 1.78 bits per heavy atom. The van der Waals surface area contributed by atoms with E-state index in [0.717, 1.165) is 11.1 Å². The molecule has 3 heteroatoms. The van der Waals surface area contributed by atoms with Gasteiger partial charge in [-0.15, -0.1) is 0 Å². The van der Waals surface area contributed by atoms with Crippen LogP contribution in [-0.2, 0) is 4.79 Å². The van der Waals surface area contributed by atoms with Crippen LogP contribution >= 0.6 is 11.6 Å². The van der Waals surface area contributed by atoms with Crippen LogP contribution in [0.3, 0.4) is 0 Å². The highest BCUT2D eigenvalue weighted by Crippen LogP contribution is 2.34. The van der Waals surface area contributed by atoms with Crippen LogP contribution in [0.25, 0.3) is 11.1 Å². The molecule has 0 aliphatic carbocycles. The van der Waals surface area contributed by atoms with Crippen molar-refractivity contribution in [3.63, 3.8) is 0 Å². The van der Waals surface area contributed by atoms with E-state index >= 15 is 0 Å². The van der Waals surface area contributed by atoms with E-state index in [4.69, 9.17) is 11.6 Å². The van der Waals surface area contributed by atoms with Crippen LogP contribution in [0.4, 0.5) is 0 Å². The lowest BCUT2D eigenvalue weighted by Crippen LogP contribution is -2.09. The molecule has 1 unspecified atom stereocenters. The standard InChI is InChI=1S/C15H13ClO2/c1-10(15(17)18)14-12(8-5-9-13(14)16)11-6-3-2-4-7-11/h2-10H,1H3,(H,17,18). The summed E-state index contributed by atoms with van der Waals surface area (Å²) in [6.45, 7) is 1.65. The van der Waals surface area contributed by atoms with Crippen LogP contribution in [0, 0.1) is 0 Å². The van der Waals surface area contributed by atoms with Crippen LogP contribution in [0.15, 0.2) is 48.5 Å². The van der Waals surface area contributed by atoms with Crippen molar-refractivity contribution < 1.29 is 9.90 Å². The zero-order valence-electron chi connectivity index (χ0n) is 9.93. The zero-order chi connectivity index (χ0) is 13.1. The van der Waals surface area contributed by atoms with E-state index in [1.54, 1.807) is 13.0 Å². The number of carbonyl (C=O) groups is 1. The van der Waals surface area contributed by atoms with Crippen LogP contribution in [0.1, 0.15) is 18.4 Å². The summed E-state index contributed by atoms with van der Waals surface area (Å²) >= 11 is 6.15. The third-order valence-corrected chi connectivity index (χ3v) is 3.27. The number of hydrogen-bond acceptors (Lipinski definition) is 1. The number of rotatable bonds is 3. The van der Waals surface area contributed by atoms with Gasteiger partial charge in [-0.25, -0.2) is 0 Å². The van der Waals surface area contributed by atoms with Crippen molar-refractivity contribution in [2.24, 2.45) is 0 Å². The second-order valence-electron chi connectivity index (χ2n) is 4.13. The van der Waals surface area contributed by atoms with Gasteiger partial charge in [0.05, 0.1) is 5.92 Å². The minimum Gasteiger partial charge on any atom is -0.481 e. The fraction of sp³-hybridized carbons (Fsp3) is 0.133. The average molecular weight is 261 g/mol. The number of aliphatic carboxylic acids is 1. The number of benzene rings is 2. The van der Waals surface area contributed by atoms with E-state index in [1.165, 1.54) is 0 Å². The fourth-order valence-electron chi connectivity index (χ4n) is 1.97. The van der Waals surface area contributed by atoms with Crippen molar-refractivity contribution in [1.82, 2.24) is 0 Å². The Morgan fingerprint density at radius 1 is 1.11 bits per heavy atom. The normalized spacial score (nSPS) is 12.1. The van der Waals surface area contributed by atoms with Gasteiger partial charge < -0.3 is 5.11 Å². The van der Waals surface area contributed by atoms with Gasteiger partial charge in [-0.3, -0.25) is 4.79 Å². The van der Waals surface area contributed by atoms with Gasteiger partial charge in [0.1, 0.15) is 0 Å². The SMILES string of the molecule is CC(C(=O)O)c1c(Cl)cccc1-c1ccccc1. The molecule has 2 aromatic rings. The molecule has 0 spiro atoms. The van der Waals surface area contributed by atoms with Gasteiger partial charge in [0.15, 0.2) is 0 Å². The van der Waals surface area contributed by atoms with Crippen molar-refractivity contribution in [3.05, 3.63) is 59.1 Å². The Labute approximate surface area is 111 Å². The number of carboxylic acid groups (broad SMARTS) is 1. The van der Waals surface area contributed by atoms with Crippen LogP contribution in [0.2, 0.25) is 5.02 Å². The lowest BCUT2D eigenvalue weighted by Gasteiger charge is -2.15. The Bertz CT molecular complexity index is 564. The van der Waals surface area contributed by atoms with Gasteiger partial charge in [-0.1, -0.05) is 54.1 Å². The largest absolute Gasteiger partial charge is 0.481 e. The first kappa shape index (κ1) is 12.7. The van der Waals surface area contributed by atoms with Gasteiger partial charge in [0, 0.05) is 5.02 Å². The highest BCUT2D eigenvalue weighted by atomic mass is 35.5. The molecule has 1 atom stereocenters. The molecule has 1 N–H and O–H groups in total. The van der Waals surface area contributed by atoms with E-state index in [0.29, 0.717) is 10.6 Å². The quantitative estimate of drug-likeness (QED) is 0.898. The van der Waals surface area contributed by atoms with Crippen LogP contribution in [0.5, 0.6) is 0 Å². The third-order valence-electron chi connectivity index (χ3n) is 2.94. The summed E-state index contributed by atoms with van der Waals surface area (Å²) in [6, 6.07) is 15.1. The van der Waals surface area contributed by atoms with E-state index in [2.05, 4.69) is 0 Å².